The molecule has 4 N–H and O–H groups in total. The van der Waals surface area contributed by atoms with Gasteiger partial charge in [-0.25, -0.2) is 17.6 Å². The average molecular weight is 624 g/mol. The quantitative estimate of drug-likeness (QED) is 0.0654. The zero-order valence-electron chi connectivity index (χ0n) is 20.8. The van der Waals surface area contributed by atoms with Gasteiger partial charge in [-0.1, -0.05) is 12.1 Å². The molecule has 214 valence electrons. The number of phenols is 1. The number of alkyl halides is 3. The molecule has 0 fully saturated rings. The van der Waals surface area contributed by atoms with Gasteiger partial charge >= 0.3 is 11.5 Å². The normalized spacial score (nSPS) is 11.6. The number of hydrogen-bond donors (Lipinski definition) is 4. The number of carbonyl (C=O) groups excluding carboxylic acids is 1. The Morgan fingerprint density at radius 1 is 0.805 bits per heavy atom. The van der Waals surface area contributed by atoms with E-state index in [2.05, 4.69) is 15.4 Å². The number of thioether (sulfide) groups is 2. The van der Waals surface area contributed by atoms with Gasteiger partial charge in [0.15, 0.2) is 0 Å². The van der Waals surface area contributed by atoms with E-state index in [-0.39, 0.29) is 38.7 Å². The molecule has 0 bridgehead atoms. The summed E-state index contributed by atoms with van der Waals surface area (Å²) in [5.41, 5.74) is -3.01. The molecule has 7 nitrogen and oxygen atoms in total. The van der Waals surface area contributed by atoms with Crippen molar-refractivity contribution in [2.45, 2.75) is 25.9 Å². The summed E-state index contributed by atoms with van der Waals surface area (Å²) < 4.78 is 77.9. The van der Waals surface area contributed by atoms with E-state index in [4.69, 9.17) is 0 Å². The van der Waals surface area contributed by atoms with Crippen LogP contribution in [-0.4, -0.2) is 25.1 Å². The first kappa shape index (κ1) is 30.1. The van der Waals surface area contributed by atoms with Gasteiger partial charge < -0.3 is 15.7 Å². The Balaban J connectivity index is 1.31. The van der Waals surface area contributed by atoms with Crippen molar-refractivity contribution in [2.24, 2.45) is 0 Å². The fourth-order valence-electron chi connectivity index (χ4n) is 3.39. The first-order chi connectivity index (χ1) is 19.4. The second-order valence-corrected chi connectivity index (χ2v) is 12.2. The second kappa shape index (κ2) is 12.7. The number of rotatable bonds is 9. The predicted octanol–water partition coefficient (Wildman–Crippen LogP) is 7.88. The summed E-state index contributed by atoms with van der Waals surface area (Å²) in [6, 6.07) is 20.3. The largest absolute Gasteiger partial charge is 0.506 e. The Labute approximate surface area is 241 Å². The van der Waals surface area contributed by atoms with Gasteiger partial charge in [0, 0.05) is 26.9 Å². The first-order valence-corrected chi connectivity index (χ1v) is 14.9. The van der Waals surface area contributed by atoms with E-state index in [1.807, 2.05) is 0 Å². The molecule has 0 aliphatic rings. The van der Waals surface area contributed by atoms with E-state index in [1.54, 1.807) is 36.4 Å². The molecule has 0 radical (unpaired) electrons. The smallest absolute Gasteiger partial charge is 0.446 e. The van der Waals surface area contributed by atoms with Gasteiger partial charge in [-0.15, -0.1) is 11.8 Å². The van der Waals surface area contributed by atoms with Crippen LogP contribution in [0.1, 0.15) is 5.56 Å². The molecule has 0 aliphatic heterocycles. The number of hydrogen-bond acceptors (Lipinski definition) is 6. The molecule has 0 spiro atoms. The number of phenolic OH excluding ortho intramolecular Hbond substituents is 1. The standard InChI is InChI=1S/C27H21F4N3O4S3/c28-18-3-12-23(13-4-18)41(37,38)34-24-15-20(7-14-25(24)35)33-26(36)32-19-5-10-21(11-6-19)39-16-17-1-8-22(9-2-17)40-27(29,30)31/h1-15,34-35H,16H2,(H2,32,33,36). The van der Waals surface area contributed by atoms with Gasteiger partial charge in [0.1, 0.15) is 11.6 Å². The number of benzene rings is 4. The first-order valence-electron chi connectivity index (χ1n) is 11.6. The van der Waals surface area contributed by atoms with Crippen LogP contribution in [0.4, 0.5) is 39.4 Å². The van der Waals surface area contributed by atoms with E-state index in [9.17, 15) is 35.9 Å². The SMILES string of the molecule is O=C(Nc1ccc(SCc2ccc(SC(F)(F)F)cc2)cc1)Nc1ccc(O)c(NS(=O)(=O)c2ccc(F)cc2)c1. The summed E-state index contributed by atoms with van der Waals surface area (Å²) >= 11 is 1.31. The Bertz CT molecular complexity index is 1620. The molecule has 0 aliphatic carbocycles. The molecule has 4 aromatic rings. The van der Waals surface area contributed by atoms with Crippen LogP contribution in [-0.2, 0) is 15.8 Å². The molecule has 0 aromatic heterocycles. The lowest BCUT2D eigenvalue weighted by Crippen LogP contribution is -2.19. The molecule has 41 heavy (non-hydrogen) atoms. The molecule has 4 rings (SSSR count). The Kier molecular flexibility index (Phi) is 9.35. The second-order valence-electron chi connectivity index (χ2n) is 8.38. The molecule has 0 saturated carbocycles. The lowest BCUT2D eigenvalue weighted by molar-refractivity contribution is -0.0328. The third kappa shape index (κ3) is 9.06. The molecule has 4 aromatic carbocycles. The van der Waals surface area contributed by atoms with Gasteiger partial charge in [0.25, 0.3) is 10.0 Å². The van der Waals surface area contributed by atoms with E-state index in [0.717, 1.165) is 34.7 Å². The minimum absolute atomic E-state index is 0.120. The van der Waals surface area contributed by atoms with Crippen LogP contribution in [0.3, 0.4) is 0 Å². The Morgan fingerprint density at radius 2 is 1.39 bits per heavy atom. The monoisotopic (exact) mass is 623 g/mol. The van der Waals surface area contributed by atoms with Gasteiger partial charge in [-0.05, 0) is 96.2 Å². The van der Waals surface area contributed by atoms with Crippen LogP contribution in [0, 0.1) is 5.82 Å². The predicted molar refractivity (Wildman–Crippen MR) is 152 cm³/mol. The topological polar surface area (TPSA) is 108 Å². The van der Waals surface area contributed by atoms with Crippen LogP contribution in [0.5, 0.6) is 5.75 Å². The highest BCUT2D eigenvalue weighted by Gasteiger charge is 2.29. The highest BCUT2D eigenvalue weighted by molar-refractivity contribution is 8.00. The highest BCUT2D eigenvalue weighted by atomic mass is 32.2. The lowest BCUT2D eigenvalue weighted by Gasteiger charge is -2.13. The molecule has 0 atom stereocenters. The number of nitrogens with one attached hydrogen (secondary N) is 3. The molecule has 14 heteroatoms. The van der Waals surface area contributed by atoms with Crippen LogP contribution in [0.25, 0.3) is 0 Å². The van der Waals surface area contributed by atoms with Crippen molar-refractivity contribution in [1.29, 1.82) is 0 Å². The molecule has 2 amide bonds. The number of sulfonamides is 1. The Morgan fingerprint density at radius 3 is 2.02 bits per heavy atom. The van der Waals surface area contributed by atoms with Crippen LogP contribution in [0.2, 0.25) is 0 Å². The fraction of sp³-hybridized carbons (Fsp3) is 0.0741. The molecule has 0 unspecified atom stereocenters. The van der Waals surface area contributed by atoms with Crippen molar-refractivity contribution in [2.75, 3.05) is 15.4 Å². The van der Waals surface area contributed by atoms with Crippen LogP contribution < -0.4 is 15.4 Å². The minimum Gasteiger partial charge on any atom is -0.506 e. The van der Waals surface area contributed by atoms with E-state index in [1.165, 1.54) is 42.1 Å². The van der Waals surface area contributed by atoms with Crippen LogP contribution >= 0.6 is 23.5 Å². The molecule has 0 saturated heterocycles. The highest BCUT2D eigenvalue weighted by Crippen LogP contribution is 2.37. The van der Waals surface area contributed by atoms with Crippen molar-refractivity contribution >= 4 is 56.6 Å². The molecular formula is C27H21F4N3O4S3. The zero-order valence-corrected chi connectivity index (χ0v) is 23.2. The third-order valence-electron chi connectivity index (χ3n) is 5.30. The zero-order chi connectivity index (χ0) is 29.6. The Hall–Kier alpha value is -3.88. The maximum atomic E-state index is 13.1. The van der Waals surface area contributed by atoms with Crippen molar-refractivity contribution in [1.82, 2.24) is 0 Å². The molecule has 0 heterocycles. The van der Waals surface area contributed by atoms with Gasteiger partial charge in [-0.3, -0.25) is 4.72 Å². The number of amides is 2. The van der Waals surface area contributed by atoms with Gasteiger partial charge in [0.05, 0.1) is 10.6 Å². The van der Waals surface area contributed by atoms with Crippen molar-refractivity contribution in [3.63, 3.8) is 0 Å². The van der Waals surface area contributed by atoms with Crippen LogP contribution in [0.15, 0.2) is 106 Å². The van der Waals surface area contributed by atoms with Gasteiger partial charge in [0.2, 0.25) is 0 Å². The van der Waals surface area contributed by atoms with E-state index >= 15 is 0 Å². The number of aromatic hydroxyl groups is 1. The summed E-state index contributed by atoms with van der Waals surface area (Å²) in [4.78, 5) is 13.3. The minimum atomic E-state index is -4.33. The third-order valence-corrected chi connectivity index (χ3v) is 8.50. The number of halogens is 4. The van der Waals surface area contributed by atoms with E-state index in [0.29, 0.717) is 11.4 Å². The summed E-state index contributed by atoms with van der Waals surface area (Å²) in [6.07, 6.45) is 0. The fourth-order valence-corrected chi connectivity index (χ4v) is 5.85. The maximum absolute atomic E-state index is 13.1. The summed E-state index contributed by atoms with van der Waals surface area (Å²) in [6.45, 7) is 0. The maximum Gasteiger partial charge on any atom is 0.446 e. The average Bonchev–Trinajstić information content (AvgIpc) is 2.90. The van der Waals surface area contributed by atoms with Crippen molar-refractivity contribution < 1.29 is 35.9 Å². The summed E-state index contributed by atoms with van der Waals surface area (Å²) in [7, 11) is -4.13. The summed E-state index contributed by atoms with van der Waals surface area (Å²) in [5, 5.41) is 15.3. The van der Waals surface area contributed by atoms with E-state index < -0.39 is 27.4 Å². The number of urea groups is 1. The van der Waals surface area contributed by atoms with Gasteiger partial charge in [-0.2, -0.15) is 13.2 Å². The lowest BCUT2D eigenvalue weighted by atomic mass is 10.2. The van der Waals surface area contributed by atoms with Crippen molar-refractivity contribution in [3.05, 3.63) is 102 Å². The number of carbonyl (C=O) groups is 1. The number of anilines is 3. The summed E-state index contributed by atoms with van der Waals surface area (Å²) in [5.74, 6) is -0.447. The molecular weight excluding hydrogens is 603 g/mol. The van der Waals surface area contributed by atoms with Crippen molar-refractivity contribution in [3.8, 4) is 5.75 Å².